The molecule has 1 unspecified atom stereocenters. The fourth-order valence-electron chi connectivity index (χ4n) is 1.23. The molecule has 1 atom stereocenters. The predicted octanol–water partition coefficient (Wildman–Crippen LogP) is 1.67. The summed E-state index contributed by atoms with van der Waals surface area (Å²) in [5.41, 5.74) is 1.12. The van der Waals surface area contributed by atoms with Crippen molar-refractivity contribution >= 4 is 11.6 Å². The highest BCUT2D eigenvalue weighted by Gasteiger charge is 2.03. The van der Waals surface area contributed by atoms with Crippen LogP contribution in [0.15, 0.2) is 24.3 Å². The maximum atomic E-state index is 9.43. The predicted molar refractivity (Wildman–Crippen MR) is 59.4 cm³/mol. The van der Waals surface area contributed by atoms with Crippen molar-refractivity contribution in [2.75, 3.05) is 13.6 Å². The van der Waals surface area contributed by atoms with Crippen LogP contribution in [0, 0.1) is 6.42 Å². The molecule has 1 rings (SSSR count). The molecule has 1 aromatic carbocycles. The zero-order valence-corrected chi connectivity index (χ0v) is 8.96. The lowest BCUT2D eigenvalue weighted by Crippen LogP contribution is -2.24. The van der Waals surface area contributed by atoms with Gasteiger partial charge in [0.1, 0.15) is 0 Å². The van der Waals surface area contributed by atoms with Crippen LogP contribution >= 0.6 is 11.6 Å². The number of benzene rings is 1. The number of likely N-dealkylation sites (N-methyl/N-ethyl adjacent to an activating group) is 1. The van der Waals surface area contributed by atoms with Crippen molar-refractivity contribution in [3.63, 3.8) is 0 Å². The molecule has 0 heterocycles. The molecule has 1 aromatic rings. The lowest BCUT2D eigenvalue weighted by atomic mass is 10.1. The third kappa shape index (κ3) is 4.09. The first-order valence-corrected chi connectivity index (χ1v) is 5.00. The normalized spacial score (nSPS) is 12.8. The van der Waals surface area contributed by atoms with E-state index in [1.165, 1.54) is 0 Å². The lowest BCUT2D eigenvalue weighted by molar-refractivity contribution is 0.203. The third-order valence-electron chi connectivity index (χ3n) is 1.93. The fraction of sp³-hybridized carbons (Fsp3) is 0.364. The molecule has 0 spiro atoms. The number of nitrogens with one attached hydrogen (secondary N) is 1. The van der Waals surface area contributed by atoms with E-state index in [-0.39, 0.29) is 0 Å². The molecule has 2 N–H and O–H groups in total. The number of hydrogen-bond donors (Lipinski definition) is 2. The molecule has 0 aliphatic heterocycles. The van der Waals surface area contributed by atoms with Gasteiger partial charge in [0.2, 0.25) is 0 Å². The van der Waals surface area contributed by atoms with Crippen LogP contribution in [0.25, 0.3) is 0 Å². The number of halogens is 1. The molecule has 1 radical (unpaired) electrons. The largest absolute Gasteiger partial charge is 0.391 e. The molecule has 0 amide bonds. The number of aliphatic hydroxyl groups is 1. The van der Waals surface area contributed by atoms with E-state index < -0.39 is 6.10 Å². The topological polar surface area (TPSA) is 32.3 Å². The molecule has 2 nitrogen and oxygen atoms in total. The Morgan fingerprint density at radius 2 is 2.36 bits per heavy atom. The Labute approximate surface area is 89.9 Å². The number of rotatable bonds is 5. The van der Waals surface area contributed by atoms with E-state index in [0.29, 0.717) is 6.54 Å². The average Bonchev–Trinajstić information content (AvgIpc) is 2.15. The molecule has 0 saturated heterocycles. The van der Waals surface area contributed by atoms with Gasteiger partial charge in [-0.2, -0.15) is 0 Å². The number of aliphatic hydroxyl groups excluding tert-OH is 1. The van der Waals surface area contributed by atoms with Crippen LogP contribution in [0.1, 0.15) is 5.56 Å². The third-order valence-corrected chi connectivity index (χ3v) is 2.16. The van der Waals surface area contributed by atoms with Gasteiger partial charge in [-0.1, -0.05) is 23.7 Å². The molecule has 0 aromatic heterocycles. The zero-order chi connectivity index (χ0) is 10.4. The lowest BCUT2D eigenvalue weighted by Gasteiger charge is -2.08. The Morgan fingerprint density at radius 1 is 1.57 bits per heavy atom. The highest BCUT2D eigenvalue weighted by atomic mass is 35.5. The van der Waals surface area contributed by atoms with Crippen molar-refractivity contribution in [1.82, 2.24) is 5.32 Å². The molecule has 14 heavy (non-hydrogen) atoms. The first-order valence-electron chi connectivity index (χ1n) is 4.63. The van der Waals surface area contributed by atoms with Crippen LogP contribution in [-0.2, 0) is 6.42 Å². The molecule has 77 valence electrons. The van der Waals surface area contributed by atoms with Crippen molar-refractivity contribution < 1.29 is 5.11 Å². The smallest absolute Gasteiger partial charge is 0.0699 e. The van der Waals surface area contributed by atoms with E-state index in [2.05, 4.69) is 5.32 Å². The fourth-order valence-corrected chi connectivity index (χ4v) is 1.44. The van der Waals surface area contributed by atoms with E-state index in [4.69, 9.17) is 11.6 Å². The summed E-state index contributed by atoms with van der Waals surface area (Å²) in [6, 6.07) is 7.66. The summed E-state index contributed by atoms with van der Waals surface area (Å²) >= 11 is 5.83. The molecule has 0 saturated carbocycles. The molecule has 3 heteroatoms. The van der Waals surface area contributed by atoms with Gasteiger partial charge in [0, 0.05) is 11.6 Å². The maximum absolute atomic E-state index is 9.43. The van der Waals surface area contributed by atoms with Gasteiger partial charge in [-0.15, -0.1) is 0 Å². The summed E-state index contributed by atoms with van der Waals surface area (Å²) in [5, 5.41) is 13.1. The van der Waals surface area contributed by atoms with Gasteiger partial charge in [0.25, 0.3) is 0 Å². The summed E-state index contributed by atoms with van der Waals surface area (Å²) in [4.78, 5) is 0. The van der Waals surface area contributed by atoms with Gasteiger partial charge in [0.15, 0.2) is 0 Å². The van der Waals surface area contributed by atoms with Crippen molar-refractivity contribution in [1.29, 1.82) is 0 Å². The molecule has 0 fully saturated rings. The summed E-state index contributed by atoms with van der Waals surface area (Å²) in [6.07, 6.45) is 2.20. The van der Waals surface area contributed by atoms with E-state index in [1.807, 2.05) is 37.7 Å². The maximum Gasteiger partial charge on any atom is 0.0699 e. The first kappa shape index (κ1) is 11.5. The Bertz CT molecular complexity index is 278. The second kappa shape index (κ2) is 6.02. The Balaban J connectivity index is 2.37. The first-order chi connectivity index (χ1) is 6.72. The van der Waals surface area contributed by atoms with Gasteiger partial charge in [-0.3, -0.25) is 0 Å². The van der Waals surface area contributed by atoms with Gasteiger partial charge >= 0.3 is 0 Å². The quantitative estimate of drug-likeness (QED) is 0.778. The minimum Gasteiger partial charge on any atom is -0.391 e. The minimum atomic E-state index is -0.404. The molecule has 0 aliphatic rings. The highest BCUT2D eigenvalue weighted by molar-refractivity contribution is 6.30. The van der Waals surface area contributed by atoms with Crippen molar-refractivity contribution in [3.05, 3.63) is 41.3 Å². The molecule has 0 bridgehead atoms. The zero-order valence-electron chi connectivity index (χ0n) is 8.20. The molecular formula is C11H15ClNO. The standard InChI is InChI=1S/C11H15ClNO/c1-13-8-11(14)6-5-9-3-2-4-10(12)7-9/h2-4,6-7,11,13-14H,5,8H2,1H3. The summed E-state index contributed by atoms with van der Waals surface area (Å²) in [6.45, 7) is 0.584. The summed E-state index contributed by atoms with van der Waals surface area (Å²) < 4.78 is 0. The van der Waals surface area contributed by atoms with E-state index in [1.54, 1.807) is 0 Å². The van der Waals surface area contributed by atoms with Crippen LogP contribution < -0.4 is 5.32 Å². The van der Waals surface area contributed by atoms with Crippen molar-refractivity contribution in [2.24, 2.45) is 0 Å². The van der Waals surface area contributed by atoms with E-state index in [0.717, 1.165) is 17.0 Å². The van der Waals surface area contributed by atoms with E-state index in [9.17, 15) is 5.11 Å². The van der Waals surface area contributed by atoms with Crippen LogP contribution in [0.3, 0.4) is 0 Å². The summed E-state index contributed by atoms with van der Waals surface area (Å²) in [5.74, 6) is 0. The van der Waals surface area contributed by atoms with Gasteiger partial charge in [-0.05, 0) is 37.6 Å². The Hall–Kier alpha value is -0.570. The van der Waals surface area contributed by atoms with Crippen molar-refractivity contribution in [3.8, 4) is 0 Å². The van der Waals surface area contributed by atoms with Crippen LogP contribution in [0.5, 0.6) is 0 Å². The second-order valence-electron chi connectivity index (χ2n) is 3.19. The summed E-state index contributed by atoms with van der Waals surface area (Å²) in [7, 11) is 1.82. The monoisotopic (exact) mass is 212 g/mol. The van der Waals surface area contributed by atoms with Crippen molar-refractivity contribution in [2.45, 2.75) is 12.5 Å². The van der Waals surface area contributed by atoms with Crippen LogP contribution in [-0.4, -0.2) is 24.8 Å². The van der Waals surface area contributed by atoms with Crippen LogP contribution in [0.4, 0.5) is 0 Å². The SMILES string of the molecule is CNCC(O)[CH]Cc1cccc(Cl)c1. The average molecular weight is 213 g/mol. The highest BCUT2D eigenvalue weighted by Crippen LogP contribution is 2.12. The minimum absolute atomic E-state index is 0.404. The Kier molecular flexibility index (Phi) is 4.94. The van der Waals surface area contributed by atoms with Gasteiger partial charge < -0.3 is 10.4 Å². The van der Waals surface area contributed by atoms with Crippen LogP contribution in [0.2, 0.25) is 5.02 Å². The van der Waals surface area contributed by atoms with Gasteiger partial charge in [0.05, 0.1) is 6.10 Å². The van der Waals surface area contributed by atoms with Gasteiger partial charge in [-0.25, -0.2) is 0 Å². The molecule has 0 aliphatic carbocycles. The van der Waals surface area contributed by atoms with E-state index >= 15 is 0 Å². The Morgan fingerprint density at radius 3 is 3.00 bits per heavy atom. The number of hydrogen-bond acceptors (Lipinski definition) is 2. The molecular weight excluding hydrogens is 198 g/mol. The second-order valence-corrected chi connectivity index (χ2v) is 3.63.